The molecule has 0 spiro atoms. The number of amides is 1. The van der Waals surface area contributed by atoms with Crippen molar-refractivity contribution in [3.63, 3.8) is 0 Å². The molecule has 74 heavy (non-hydrogen) atoms. The molecule has 0 radical (unpaired) electrons. The third kappa shape index (κ3) is 59.2. The molecule has 444 valence electrons. The third-order valence-electron chi connectivity index (χ3n) is 15.9. The molecule has 0 aliphatic rings. The molecule has 0 saturated carbocycles. The maximum atomic E-state index is 13.1. The number of phosphoric acid groups is 1. The average Bonchev–Trinajstić information content (AvgIpc) is 3.36. The smallest absolute Gasteiger partial charge is 0.391 e. The van der Waals surface area contributed by atoms with Gasteiger partial charge in [-0.15, -0.1) is 0 Å². The number of hydrogen-bond acceptors (Lipinski definition) is 5. The Morgan fingerprint density at radius 1 is 0.405 bits per heavy atom. The molecule has 0 aliphatic heterocycles. The number of likely N-dealkylation sites (N-methyl/N-ethyl adjacent to an activating group) is 1. The number of nitrogens with zero attached hydrogens (tertiary/aromatic N) is 1. The van der Waals surface area contributed by atoms with Crippen molar-refractivity contribution in [3.8, 4) is 0 Å². The lowest BCUT2D eigenvalue weighted by Crippen LogP contribution is -2.46. The number of quaternary nitrogens is 1. The Hall–Kier alpha value is -0.500. The van der Waals surface area contributed by atoms with Crippen molar-refractivity contribution in [3.05, 3.63) is 0 Å². The van der Waals surface area contributed by atoms with Crippen molar-refractivity contribution in [2.75, 3.05) is 40.9 Å². The van der Waals surface area contributed by atoms with Gasteiger partial charge in [0.1, 0.15) is 13.2 Å². The monoisotopic (exact) mass is 1070 g/mol. The highest BCUT2D eigenvalue weighted by Crippen LogP contribution is 2.43. The van der Waals surface area contributed by atoms with Crippen LogP contribution in [0.2, 0.25) is 0 Å². The first-order valence-electron chi connectivity index (χ1n) is 33.4. The number of unbranched alkanes of at least 4 members (excludes halogenated alkanes) is 50. The molecular weight excluding hydrogens is 936 g/mol. The van der Waals surface area contributed by atoms with Crippen LogP contribution >= 0.6 is 7.82 Å². The Kier molecular flexibility index (Phi) is 56.8. The van der Waals surface area contributed by atoms with Crippen molar-refractivity contribution < 1.29 is 32.9 Å². The van der Waals surface area contributed by atoms with Crippen LogP contribution in [0.25, 0.3) is 0 Å². The second-order valence-electron chi connectivity index (χ2n) is 24.6. The minimum absolute atomic E-state index is 0.0794. The number of carbonyl (C=O) groups excluding carboxylic acids is 1. The van der Waals surface area contributed by atoms with Gasteiger partial charge in [-0.05, 0) is 12.8 Å². The van der Waals surface area contributed by atoms with Crippen molar-refractivity contribution in [2.45, 2.75) is 373 Å². The van der Waals surface area contributed by atoms with E-state index in [9.17, 15) is 19.4 Å². The second-order valence-corrected chi connectivity index (χ2v) is 26.0. The molecule has 3 unspecified atom stereocenters. The SMILES string of the molecule is CCCCCCCCCCCCCCCCCCCCCCCCCCCCCC(O)C(COP(=O)(O)OCC[N+](C)(C)C)NC(=O)CCCCCCCCCCCCCCCCCCCCCCCCCCC. The summed E-state index contributed by atoms with van der Waals surface area (Å²) in [4.78, 5) is 23.4. The van der Waals surface area contributed by atoms with E-state index in [0.29, 0.717) is 23.9 Å². The van der Waals surface area contributed by atoms with Gasteiger partial charge in [0, 0.05) is 6.42 Å². The van der Waals surface area contributed by atoms with E-state index in [1.807, 2.05) is 21.1 Å². The number of aliphatic hydroxyl groups is 1. The summed E-state index contributed by atoms with van der Waals surface area (Å²) < 4.78 is 23.9. The fourth-order valence-electron chi connectivity index (χ4n) is 10.6. The summed E-state index contributed by atoms with van der Waals surface area (Å²) in [5, 5.41) is 14.1. The molecule has 8 nitrogen and oxygen atoms in total. The fraction of sp³-hybridized carbons (Fsp3) is 0.985. The summed E-state index contributed by atoms with van der Waals surface area (Å²) in [6.07, 6.45) is 70.5. The molecule has 0 aliphatic carbocycles. The molecule has 0 rings (SSSR count). The number of hydrogen-bond donors (Lipinski definition) is 3. The van der Waals surface area contributed by atoms with Crippen LogP contribution in [0, 0.1) is 0 Å². The van der Waals surface area contributed by atoms with Crippen molar-refractivity contribution in [1.29, 1.82) is 0 Å². The maximum Gasteiger partial charge on any atom is 0.472 e. The van der Waals surface area contributed by atoms with Gasteiger partial charge in [0.2, 0.25) is 5.91 Å². The molecule has 0 fully saturated rings. The Morgan fingerprint density at radius 2 is 0.649 bits per heavy atom. The van der Waals surface area contributed by atoms with Gasteiger partial charge in [0.15, 0.2) is 0 Å². The maximum absolute atomic E-state index is 13.1. The topological polar surface area (TPSA) is 105 Å². The van der Waals surface area contributed by atoms with Crippen LogP contribution in [0.4, 0.5) is 0 Å². The van der Waals surface area contributed by atoms with E-state index in [-0.39, 0.29) is 19.1 Å². The minimum atomic E-state index is -4.32. The van der Waals surface area contributed by atoms with Gasteiger partial charge in [-0.2, -0.15) is 0 Å². The highest BCUT2D eigenvalue weighted by atomic mass is 31.2. The number of phosphoric ester groups is 1. The van der Waals surface area contributed by atoms with E-state index in [1.54, 1.807) is 0 Å². The highest BCUT2D eigenvalue weighted by Gasteiger charge is 2.28. The lowest BCUT2D eigenvalue weighted by molar-refractivity contribution is -0.870. The molecule has 3 N–H and O–H groups in total. The molecule has 0 aromatic heterocycles. The first-order valence-corrected chi connectivity index (χ1v) is 34.9. The van der Waals surface area contributed by atoms with Gasteiger partial charge >= 0.3 is 7.82 Å². The molecule has 0 aromatic carbocycles. The van der Waals surface area contributed by atoms with Gasteiger partial charge in [-0.3, -0.25) is 13.8 Å². The van der Waals surface area contributed by atoms with E-state index in [1.165, 1.54) is 295 Å². The van der Waals surface area contributed by atoms with Crippen LogP contribution in [0.3, 0.4) is 0 Å². The first-order chi connectivity index (χ1) is 36.0. The average molecular weight is 1070 g/mol. The van der Waals surface area contributed by atoms with Crippen LogP contribution in [0.1, 0.15) is 361 Å². The summed E-state index contributed by atoms with van der Waals surface area (Å²) in [5.41, 5.74) is 0. The van der Waals surface area contributed by atoms with Gasteiger partial charge in [-0.25, -0.2) is 4.57 Å². The zero-order chi connectivity index (χ0) is 54.2. The number of rotatable bonds is 63. The summed E-state index contributed by atoms with van der Waals surface area (Å²) >= 11 is 0. The van der Waals surface area contributed by atoms with Gasteiger partial charge < -0.3 is 19.8 Å². The van der Waals surface area contributed by atoms with Crippen LogP contribution in [0.15, 0.2) is 0 Å². The Morgan fingerprint density at radius 3 is 0.905 bits per heavy atom. The zero-order valence-corrected chi connectivity index (χ0v) is 51.8. The van der Waals surface area contributed by atoms with E-state index >= 15 is 0 Å². The molecular formula is C65H134N2O6P+. The van der Waals surface area contributed by atoms with E-state index in [4.69, 9.17) is 9.05 Å². The quantitative estimate of drug-likeness (QED) is 0.0318. The Balaban J connectivity index is 4.02. The molecule has 1 amide bonds. The molecule has 0 heterocycles. The van der Waals surface area contributed by atoms with Crippen molar-refractivity contribution in [1.82, 2.24) is 5.32 Å². The number of nitrogens with one attached hydrogen (secondary N) is 1. The van der Waals surface area contributed by atoms with Crippen molar-refractivity contribution in [2.24, 2.45) is 0 Å². The minimum Gasteiger partial charge on any atom is -0.391 e. The lowest BCUT2D eigenvalue weighted by atomic mass is 10.0. The lowest BCUT2D eigenvalue weighted by Gasteiger charge is -2.26. The Labute approximate surface area is 463 Å². The van der Waals surface area contributed by atoms with Crippen LogP contribution in [0.5, 0.6) is 0 Å². The van der Waals surface area contributed by atoms with E-state index in [2.05, 4.69) is 19.2 Å². The second kappa shape index (κ2) is 57.2. The third-order valence-corrected chi connectivity index (χ3v) is 16.8. The van der Waals surface area contributed by atoms with Crippen LogP contribution in [-0.2, 0) is 18.4 Å². The summed E-state index contributed by atoms with van der Waals surface area (Å²) in [7, 11) is 1.64. The summed E-state index contributed by atoms with van der Waals surface area (Å²) in [5.74, 6) is -0.134. The van der Waals surface area contributed by atoms with Gasteiger partial charge in [-0.1, -0.05) is 341 Å². The molecule has 0 bridgehead atoms. The van der Waals surface area contributed by atoms with Gasteiger partial charge in [0.25, 0.3) is 0 Å². The van der Waals surface area contributed by atoms with Crippen LogP contribution in [-0.4, -0.2) is 73.4 Å². The van der Waals surface area contributed by atoms with Crippen LogP contribution < -0.4 is 5.32 Å². The summed E-state index contributed by atoms with van der Waals surface area (Å²) in [6, 6.07) is -0.756. The van der Waals surface area contributed by atoms with Gasteiger partial charge in [0.05, 0.1) is 39.9 Å². The zero-order valence-electron chi connectivity index (χ0n) is 50.9. The predicted molar refractivity (Wildman–Crippen MR) is 323 cm³/mol. The largest absolute Gasteiger partial charge is 0.472 e. The Bertz CT molecular complexity index is 1170. The standard InChI is InChI=1S/C65H133N2O6P/c1-6-8-10-12-14-16-18-20-22-24-26-28-30-32-33-35-36-38-40-42-44-46-48-50-52-54-56-58-64(68)63(62-73-74(70,71)72-61-60-67(3,4)5)66-65(69)59-57-55-53-51-49-47-45-43-41-39-37-34-31-29-27-25-23-21-19-17-15-13-11-9-7-2/h63-64,68H,6-62H2,1-5H3,(H-,66,69,70,71)/p+1. The molecule has 3 atom stereocenters. The predicted octanol–water partition coefficient (Wildman–Crippen LogP) is 20.8. The summed E-state index contributed by atoms with van der Waals surface area (Å²) in [6.45, 7) is 4.96. The molecule has 9 heteroatoms. The number of carbonyl (C=O) groups is 1. The first kappa shape index (κ1) is 73.5. The molecule has 0 aromatic rings. The van der Waals surface area contributed by atoms with Crippen molar-refractivity contribution >= 4 is 13.7 Å². The van der Waals surface area contributed by atoms with E-state index < -0.39 is 20.0 Å². The van der Waals surface area contributed by atoms with E-state index in [0.717, 1.165) is 38.5 Å². The number of aliphatic hydroxyl groups excluding tert-OH is 1. The molecule has 0 saturated heterocycles. The highest BCUT2D eigenvalue weighted by molar-refractivity contribution is 7.47. The fourth-order valence-corrected chi connectivity index (χ4v) is 11.4. The normalized spacial score (nSPS) is 13.7.